The van der Waals surface area contributed by atoms with Gasteiger partial charge in [-0.1, -0.05) is 51.6 Å². The minimum atomic E-state index is 0.614. The smallest absolute Gasteiger partial charge is 0.250 e. The molecule has 0 saturated carbocycles. The predicted octanol–water partition coefficient (Wildman–Crippen LogP) is 3.69. The fourth-order valence-electron chi connectivity index (χ4n) is 1.68. The molecule has 1 aromatic carbocycles. The molecule has 1 N–H and O–H groups in total. The highest BCUT2D eigenvalue weighted by molar-refractivity contribution is 6.62. The Morgan fingerprint density at radius 1 is 1.07 bits per heavy atom. The number of aryl methyl sites for hydroxylation is 1. The number of hydrogen-bond donors (Lipinski definition) is 1. The van der Waals surface area contributed by atoms with E-state index in [1.807, 2.05) is 0 Å². The van der Waals surface area contributed by atoms with Gasteiger partial charge in [0.15, 0.2) is 0 Å². The summed E-state index contributed by atoms with van der Waals surface area (Å²) in [5, 5.41) is 3.60. The maximum atomic E-state index is 3.60. The van der Waals surface area contributed by atoms with Crippen molar-refractivity contribution in [2.75, 3.05) is 5.23 Å². The van der Waals surface area contributed by atoms with E-state index in [4.69, 9.17) is 0 Å². The lowest BCUT2D eigenvalue weighted by Gasteiger charge is -2.15. The average Bonchev–Trinajstić information content (AvgIpc) is 2.26. The highest BCUT2D eigenvalue weighted by Gasteiger charge is 2.09. The van der Waals surface area contributed by atoms with Crippen LogP contribution < -0.4 is 5.23 Å². The maximum absolute atomic E-state index is 3.60. The molecule has 0 radical (unpaired) electrons. The van der Waals surface area contributed by atoms with Crippen LogP contribution in [0.1, 0.15) is 26.3 Å². The van der Waals surface area contributed by atoms with E-state index >= 15 is 0 Å². The van der Waals surface area contributed by atoms with Gasteiger partial charge in [0.2, 0.25) is 0 Å². The van der Waals surface area contributed by atoms with Crippen LogP contribution in [0, 0.1) is 0 Å². The van der Waals surface area contributed by atoms with Crippen LogP contribution in [-0.2, 0) is 6.42 Å². The maximum Gasteiger partial charge on any atom is 0.250 e. The third-order valence-electron chi connectivity index (χ3n) is 2.74. The lowest BCUT2D eigenvalue weighted by atomic mass is 9.57. The van der Waals surface area contributed by atoms with Gasteiger partial charge in [0.25, 0.3) is 6.85 Å². The number of benzene rings is 1. The molecule has 2 heteroatoms. The minimum absolute atomic E-state index is 0.614. The standard InChI is InChI=1S/C12H20BN/c1-4-11-9-7-8-10-12(11)14-13(5-2)6-3/h7-10,14H,4-6H2,1-3H3. The minimum Gasteiger partial charge on any atom is -0.428 e. The van der Waals surface area contributed by atoms with Crippen molar-refractivity contribution in [1.29, 1.82) is 0 Å². The SMILES string of the molecule is CCB(CC)Nc1ccccc1CC. The largest absolute Gasteiger partial charge is 0.428 e. The number of rotatable bonds is 5. The monoisotopic (exact) mass is 189 g/mol. The molecule has 0 amide bonds. The summed E-state index contributed by atoms with van der Waals surface area (Å²) in [5.41, 5.74) is 2.73. The van der Waals surface area contributed by atoms with Crippen molar-refractivity contribution < 1.29 is 0 Å². The van der Waals surface area contributed by atoms with E-state index in [1.165, 1.54) is 23.9 Å². The quantitative estimate of drug-likeness (QED) is 0.696. The third-order valence-corrected chi connectivity index (χ3v) is 2.74. The molecule has 1 aromatic rings. The molecule has 0 aliphatic carbocycles. The van der Waals surface area contributed by atoms with Crippen molar-refractivity contribution >= 4 is 12.5 Å². The van der Waals surface area contributed by atoms with Gasteiger partial charge in [0, 0.05) is 5.69 Å². The van der Waals surface area contributed by atoms with E-state index in [9.17, 15) is 0 Å². The van der Waals surface area contributed by atoms with Crippen molar-refractivity contribution in [1.82, 2.24) is 0 Å². The Hall–Kier alpha value is -0.915. The van der Waals surface area contributed by atoms with Gasteiger partial charge in [-0.05, 0) is 18.1 Å². The molecule has 76 valence electrons. The van der Waals surface area contributed by atoms with Crippen molar-refractivity contribution in [3.05, 3.63) is 29.8 Å². The summed E-state index contributed by atoms with van der Waals surface area (Å²) >= 11 is 0. The molecular formula is C12H20BN. The van der Waals surface area contributed by atoms with E-state index < -0.39 is 0 Å². The molecule has 0 aromatic heterocycles. The highest BCUT2D eigenvalue weighted by Crippen LogP contribution is 2.17. The molecule has 1 rings (SSSR count). The first kappa shape index (κ1) is 11.2. The van der Waals surface area contributed by atoms with Crippen LogP contribution in [0.3, 0.4) is 0 Å². The predicted molar refractivity (Wildman–Crippen MR) is 66.2 cm³/mol. The molecule has 14 heavy (non-hydrogen) atoms. The molecule has 0 fully saturated rings. The Balaban J connectivity index is 2.74. The summed E-state index contributed by atoms with van der Waals surface area (Å²) < 4.78 is 0. The topological polar surface area (TPSA) is 12.0 Å². The van der Waals surface area contributed by atoms with Crippen molar-refractivity contribution in [2.45, 2.75) is 39.8 Å². The van der Waals surface area contributed by atoms with Crippen LogP contribution in [0.25, 0.3) is 0 Å². The van der Waals surface area contributed by atoms with Gasteiger partial charge < -0.3 is 5.23 Å². The van der Waals surface area contributed by atoms with E-state index in [2.05, 4.69) is 50.3 Å². The van der Waals surface area contributed by atoms with Gasteiger partial charge in [-0.2, -0.15) is 0 Å². The molecule has 0 heterocycles. The zero-order valence-electron chi connectivity index (χ0n) is 9.51. The summed E-state index contributed by atoms with van der Waals surface area (Å²) in [4.78, 5) is 0. The number of para-hydroxylation sites is 1. The molecule has 0 spiro atoms. The molecule has 1 nitrogen and oxygen atoms in total. The Bertz CT molecular complexity index is 269. The lowest BCUT2D eigenvalue weighted by molar-refractivity contribution is 1.14. The van der Waals surface area contributed by atoms with Gasteiger partial charge in [0.1, 0.15) is 0 Å². The van der Waals surface area contributed by atoms with Crippen LogP contribution >= 0.6 is 0 Å². The van der Waals surface area contributed by atoms with Gasteiger partial charge in [-0.15, -0.1) is 0 Å². The molecule has 0 aliphatic rings. The molecular weight excluding hydrogens is 169 g/mol. The zero-order chi connectivity index (χ0) is 10.4. The van der Waals surface area contributed by atoms with Gasteiger partial charge in [0.05, 0.1) is 0 Å². The van der Waals surface area contributed by atoms with Crippen LogP contribution in [-0.4, -0.2) is 6.85 Å². The second-order valence-corrected chi connectivity index (χ2v) is 3.67. The Labute approximate surface area is 88.0 Å². The molecule has 0 bridgehead atoms. The van der Waals surface area contributed by atoms with Crippen LogP contribution in [0.4, 0.5) is 5.69 Å². The Morgan fingerprint density at radius 3 is 2.29 bits per heavy atom. The average molecular weight is 189 g/mol. The van der Waals surface area contributed by atoms with Crippen LogP contribution in [0.2, 0.25) is 12.6 Å². The van der Waals surface area contributed by atoms with Crippen molar-refractivity contribution in [3.8, 4) is 0 Å². The Morgan fingerprint density at radius 2 is 1.71 bits per heavy atom. The first-order valence-corrected chi connectivity index (χ1v) is 5.66. The summed E-state index contributed by atoms with van der Waals surface area (Å²) in [7, 11) is 0. The fraction of sp³-hybridized carbons (Fsp3) is 0.500. The lowest BCUT2D eigenvalue weighted by Crippen LogP contribution is -2.22. The van der Waals surface area contributed by atoms with Crippen LogP contribution in [0.15, 0.2) is 24.3 Å². The zero-order valence-corrected chi connectivity index (χ0v) is 9.51. The number of hydrogen-bond acceptors (Lipinski definition) is 1. The van der Waals surface area contributed by atoms with E-state index in [0.29, 0.717) is 6.85 Å². The van der Waals surface area contributed by atoms with Crippen molar-refractivity contribution in [2.24, 2.45) is 0 Å². The van der Waals surface area contributed by atoms with Gasteiger partial charge in [-0.3, -0.25) is 0 Å². The van der Waals surface area contributed by atoms with Gasteiger partial charge in [-0.25, -0.2) is 0 Å². The van der Waals surface area contributed by atoms with Gasteiger partial charge >= 0.3 is 0 Å². The summed E-state index contributed by atoms with van der Waals surface area (Å²) in [5.74, 6) is 0. The number of anilines is 1. The summed E-state index contributed by atoms with van der Waals surface area (Å²) in [6, 6.07) is 8.59. The normalized spacial score (nSPS) is 9.93. The molecule has 0 aliphatic heterocycles. The van der Waals surface area contributed by atoms with E-state index in [0.717, 1.165) is 6.42 Å². The second-order valence-electron chi connectivity index (χ2n) is 3.67. The molecule has 0 unspecified atom stereocenters. The third kappa shape index (κ3) is 2.79. The summed E-state index contributed by atoms with van der Waals surface area (Å²) in [6.45, 7) is 7.28. The molecule has 0 atom stereocenters. The molecule has 0 saturated heterocycles. The fourth-order valence-corrected chi connectivity index (χ4v) is 1.68. The number of nitrogens with one attached hydrogen (secondary N) is 1. The van der Waals surface area contributed by atoms with E-state index in [1.54, 1.807) is 0 Å². The summed E-state index contributed by atoms with van der Waals surface area (Å²) in [6.07, 6.45) is 3.48. The Kier molecular flexibility index (Phi) is 4.58. The highest BCUT2D eigenvalue weighted by atomic mass is 14.8. The van der Waals surface area contributed by atoms with Crippen LogP contribution in [0.5, 0.6) is 0 Å². The first-order chi connectivity index (χ1) is 6.81. The first-order valence-electron chi connectivity index (χ1n) is 5.66. The van der Waals surface area contributed by atoms with Crippen molar-refractivity contribution in [3.63, 3.8) is 0 Å². The van der Waals surface area contributed by atoms with E-state index in [-0.39, 0.29) is 0 Å². The second kappa shape index (κ2) is 5.74.